The van der Waals surface area contributed by atoms with Gasteiger partial charge < -0.3 is 4.74 Å². The molecule has 1 aromatic rings. The smallest absolute Gasteiger partial charge is 0.338 e. The molecule has 5 nitrogen and oxygen atoms in total. The SMILES string of the molecule is COC(=O)c1cc(N=C(NC#N)SC)ccc1C. The maximum atomic E-state index is 11.5. The van der Waals surface area contributed by atoms with Gasteiger partial charge in [-0.1, -0.05) is 17.8 Å². The molecule has 0 bridgehead atoms. The normalized spacial score (nSPS) is 10.7. The summed E-state index contributed by atoms with van der Waals surface area (Å²) in [6.45, 7) is 1.82. The van der Waals surface area contributed by atoms with E-state index in [9.17, 15) is 4.79 Å². The first-order valence-corrected chi connectivity index (χ1v) is 6.31. The summed E-state index contributed by atoms with van der Waals surface area (Å²) in [7, 11) is 1.34. The molecule has 94 valence electrons. The van der Waals surface area contributed by atoms with Gasteiger partial charge in [-0.15, -0.1) is 0 Å². The lowest BCUT2D eigenvalue weighted by Crippen LogP contribution is -2.12. The lowest BCUT2D eigenvalue weighted by atomic mass is 10.1. The van der Waals surface area contributed by atoms with Gasteiger partial charge in [0.15, 0.2) is 11.4 Å². The molecule has 0 aromatic heterocycles. The Labute approximate surface area is 110 Å². The Morgan fingerprint density at radius 3 is 2.83 bits per heavy atom. The van der Waals surface area contributed by atoms with E-state index in [1.807, 2.05) is 6.92 Å². The fraction of sp³-hybridized carbons (Fsp3) is 0.250. The number of carbonyl (C=O) groups is 1. The number of esters is 1. The number of methoxy groups -OCH3 is 1. The highest BCUT2D eigenvalue weighted by molar-refractivity contribution is 8.13. The number of rotatable bonds is 2. The Morgan fingerprint density at radius 2 is 2.28 bits per heavy atom. The van der Waals surface area contributed by atoms with Crippen molar-refractivity contribution >= 4 is 28.6 Å². The second kappa shape index (κ2) is 6.67. The van der Waals surface area contributed by atoms with Gasteiger partial charge in [0.05, 0.1) is 18.4 Å². The van der Waals surface area contributed by atoms with Gasteiger partial charge in [-0.05, 0) is 30.9 Å². The van der Waals surface area contributed by atoms with Gasteiger partial charge in [-0.2, -0.15) is 5.26 Å². The maximum absolute atomic E-state index is 11.5. The van der Waals surface area contributed by atoms with Crippen LogP contribution in [-0.4, -0.2) is 24.5 Å². The predicted molar refractivity (Wildman–Crippen MR) is 71.9 cm³/mol. The van der Waals surface area contributed by atoms with Crippen LogP contribution in [0.4, 0.5) is 5.69 Å². The van der Waals surface area contributed by atoms with E-state index < -0.39 is 5.97 Å². The summed E-state index contributed by atoms with van der Waals surface area (Å²) in [5.74, 6) is -0.400. The monoisotopic (exact) mass is 263 g/mol. The lowest BCUT2D eigenvalue weighted by Gasteiger charge is -2.05. The van der Waals surface area contributed by atoms with Crippen LogP contribution < -0.4 is 5.32 Å². The number of nitrogens with one attached hydrogen (secondary N) is 1. The maximum Gasteiger partial charge on any atom is 0.338 e. The summed E-state index contributed by atoms with van der Waals surface area (Å²) in [4.78, 5) is 15.7. The second-order valence-electron chi connectivity index (χ2n) is 3.35. The van der Waals surface area contributed by atoms with Gasteiger partial charge in [-0.3, -0.25) is 5.32 Å². The predicted octanol–water partition coefficient (Wildman–Crippen LogP) is 2.20. The number of thioether (sulfide) groups is 1. The van der Waals surface area contributed by atoms with Gasteiger partial charge in [0.25, 0.3) is 0 Å². The first-order valence-electron chi connectivity index (χ1n) is 5.09. The zero-order chi connectivity index (χ0) is 13.5. The fourth-order valence-electron chi connectivity index (χ4n) is 1.30. The summed E-state index contributed by atoms with van der Waals surface area (Å²) in [6.07, 6.45) is 3.61. The average Bonchev–Trinajstić information content (AvgIpc) is 2.39. The molecule has 0 aliphatic carbocycles. The Kier molecular flexibility index (Phi) is 5.21. The third-order valence-corrected chi connectivity index (χ3v) is 2.79. The van der Waals surface area contributed by atoms with Crippen LogP contribution in [0.2, 0.25) is 0 Å². The van der Waals surface area contributed by atoms with E-state index in [-0.39, 0.29) is 0 Å². The molecule has 18 heavy (non-hydrogen) atoms. The Balaban J connectivity index is 3.12. The second-order valence-corrected chi connectivity index (χ2v) is 4.14. The van der Waals surface area contributed by atoms with E-state index in [1.54, 1.807) is 30.6 Å². The molecule has 0 spiro atoms. The molecule has 0 heterocycles. The standard InChI is InChI=1S/C12H13N3O2S/c1-8-4-5-9(6-10(8)11(16)17-2)15-12(18-3)14-7-13/h4-6H,1-3H3,(H,14,15). The Hall–Kier alpha value is -2.00. The van der Waals surface area contributed by atoms with E-state index in [4.69, 9.17) is 10.00 Å². The van der Waals surface area contributed by atoms with Crippen molar-refractivity contribution in [3.8, 4) is 6.19 Å². The first-order chi connectivity index (χ1) is 8.62. The van der Waals surface area contributed by atoms with Crippen LogP contribution in [0.25, 0.3) is 0 Å². The van der Waals surface area contributed by atoms with E-state index in [0.717, 1.165) is 5.56 Å². The highest BCUT2D eigenvalue weighted by Crippen LogP contribution is 2.19. The van der Waals surface area contributed by atoms with Crippen molar-refractivity contribution in [3.05, 3.63) is 29.3 Å². The largest absolute Gasteiger partial charge is 0.465 e. The molecule has 0 saturated carbocycles. The van der Waals surface area contributed by atoms with Crippen molar-refractivity contribution in [2.75, 3.05) is 13.4 Å². The molecule has 0 amide bonds. The van der Waals surface area contributed by atoms with Crippen molar-refractivity contribution < 1.29 is 9.53 Å². The minimum Gasteiger partial charge on any atom is -0.465 e. The summed E-state index contributed by atoms with van der Waals surface area (Å²) >= 11 is 1.31. The molecule has 0 radical (unpaired) electrons. The minimum absolute atomic E-state index is 0.400. The average molecular weight is 263 g/mol. The summed E-state index contributed by atoms with van der Waals surface area (Å²) in [6, 6.07) is 5.20. The van der Waals surface area contributed by atoms with Gasteiger partial charge in [0.2, 0.25) is 0 Å². The van der Waals surface area contributed by atoms with Crippen LogP contribution in [0.3, 0.4) is 0 Å². The van der Waals surface area contributed by atoms with E-state index in [0.29, 0.717) is 16.4 Å². The van der Waals surface area contributed by atoms with Gasteiger partial charge in [0.1, 0.15) is 0 Å². The first kappa shape index (κ1) is 14.1. The van der Waals surface area contributed by atoms with Crippen LogP contribution in [0.15, 0.2) is 23.2 Å². The summed E-state index contributed by atoms with van der Waals surface area (Å²) in [5, 5.41) is 11.5. The van der Waals surface area contributed by atoms with Crippen LogP contribution in [-0.2, 0) is 4.74 Å². The number of amidine groups is 1. The van der Waals surface area contributed by atoms with Crippen molar-refractivity contribution in [1.82, 2.24) is 5.32 Å². The molecule has 0 aliphatic rings. The van der Waals surface area contributed by atoms with E-state index >= 15 is 0 Å². The molecule has 6 heteroatoms. The number of carbonyl (C=O) groups excluding carboxylic acids is 1. The fourth-order valence-corrected chi connectivity index (χ4v) is 1.64. The number of benzene rings is 1. The summed E-state index contributed by atoms with van der Waals surface area (Å²) in [5.41, 5.74) is 1.88. The third-order valence-electron chi connectivity index (χ3n) is 2.21. The zero-order valence-corrected chi connectivity index (χ0v) is 11.2. The van der Waals surface area contributed by atoms with Crippen molar-refractivity contribution in [2.45, 2.75) is 6.92 Å². The van der Waals surface area contributed by atoms with Crippen LogP contribution in [0, 0.1) is 18.4 Å². The summed E-state index contributed by atoms with van der Waals surface area (Å²) < 4.78 is 4.69. The number of nitriles is 1. The van der Waals surface area contributed by atoms with Gasteiger partial charge in [-0.25, -0.2) is 9.79 Å². The molecule has 0 atom stereocenters. The Morgan fingerprint density at radius 1 is 1.56 bits per heavy atom. The molecule has 1 aromatic carbocycles. The van der Waals surface area contributed by atoms with E-state index in [1.165, 1.54) is 18.9 Å². The molecule has 0 saturated heterocycles. The molecular formula is C12H13N3O2S. The van der Waals surface area contributed by atoms with Crippen molar-refractivity contribution in [1.29, 1.82) is 5.26 Å². The number of nitrogens with zero attached hydrogens (tertiary/aromatic N) is 2. The molecule has 0 fully saturated rings. The topological polar surface area (TPSA) is 74.5 Å². The number of aliphatic imine (C=N–C) groups is 1. The minimum atomic E-state index is -0.400. The van der Waals surface area contributed by atoms with Gasteiger partial charge in [0, 0.05) is 0 Å². The number of hydrogen-bond acceptors (Lipinski definition) is 5. The molecule has 1 N–H and O–H groups in total. The highest BCUT2D eigenvalue weighted by atomic mass is 32.2. The molecule has 0 unspecified atom stereocenters. The molecular weight excluding hydrogens is 250 g/mol. The van der Waals surface area contributed by atoms with Crippen molar-refractivity contribution in [2.24, 2.45) is 4.99 Å². The lowest BCUT2D eigenvalue weighted by molar-refractivity contribution is 0.0600. The van der Waals surface area contributed by atoms with Crippen LogP contribution in [0.1, 0.15) is 15.9 Å². The van der Waals surface area contributed by atoms with Gasteiger partial charge >= 0.3 is 5.97 Å². The Bertz CT molecular complexity index is 521. The number of hydrogen-bond donors (Lipinski definition) is 1. The van der Waals surface area contributed by atoms with Crippen molar-refractivity contribution in [3.63, 3.8) is 0 Å². The van der Waals surface area contributed by atoms with Crippen LogP contribution in [0.5, 0.6) is 0 Å². The number of aryl methyl sites for hydroxylation is 1. The molecule has 1 rings (SSSR count). The quantitative estimate of drug-likeness (QED) is 0.291. The third kappa shape index (κ3) is 3.50. The van der Waals surface area contributed by atoms with E-state index in [2.05, 4.69) is 10.3 Å². The van der Waals surface area contributed by atoms with Crippen LogP contribution >= 0.6 is 11.8 Å². The number of ether oxygens (including phenoxy) is 1. The zero-order valence-electron chi connectivity index (χ0n) is 10.4. The molecule has 0 aliphatic heterocycles. The highest BCUT2D eigenvalue weighted by Gasteiger charge is 2.09.